The smallest absolute Gasteiger partial charge is 0.305 e. The van der Waals surface area contributed by atoms with Gasteiger partial charge in [-0.1, -0.05) is 0 Å². The molecular formula is C10H16N2O2. The maximum atomic E-state index is 10.8. The zero-order chi connectivity index (χ0) is 10.6. The summed E-state index contributed by atoms with van der Waals surface area (Å²) in [6, 6.07) is 2.03. The fourth-order valence-electron chi connectivity index (χ4n) is 1.38. The van der Waals surface area contributed by atoms with Crippen LogP contribution >= 0.6 is 0 Å². The largest absolute Gasteiger partial charge is 0.469 e. The van der Waals surface area contributed by atoms with E-state index in [1.54, 1.807) is 0 Å². The van der Waals surface area contributed by atoms with E-state index in [0.29, 0.717) is 6.42 Å². The highest BCUT2D eigenvalue weighted by molar-refractivity contribution is 5.68. The quantitative estimate of drug-likeness (QED) is 0.685. The van der Waals surface area contributed by atoms with E-state index in [1.807, 2.05) is 24.6 Å². The molecule has 0 bridgehead atoms. The summed E-state index contributed by atoms with van der Waals surface area (Å²) in [4.78, 5) is 10.8. The lowest BCUT2D eigenvalue weighted by Gasteiger charge is -2.03. The Hall–Kier alpha value is -1.32. The van der Waals surface area contributed by atoms with Crippen LogP contribution in [0.3, 0.4) is 0 Å². The van der Waals surface area contributed by atoms with Gasteiger partial charge in [-0.3, -0.25) is 9.48 Å². The number of hydrogen-bond acceptors (Lipinski definition) is 3. The average Bonchev–Trinajstić information content (AvgIpc) is 2.45. The van der Waals surface area contributed by atoms with E-state index < -0.39 is 0 Å². The summed E-state index contributed by atoms with van der Waals surface area (Å²) in [6.07, 6.45) is 1.23. The Labute approximate surface area is 83.9 Å². The molecule has 1 aromatic heterocycles. The van der Waals surface area contributed by atoms with Crippen LogP contribution in [-0.4, -0.2) is 22.9 Å². The molecule has 0 aromatic carbocycles. The van der Waals surface area contributed by atoms with E-state index in [1.165, 1.54) is 7.11 Å². The van der Waals surface area contributed by atoms with Crippen LogP contribution < -0.4 is 0 Å². The molecule has 0 atom stereocenters. The zero-order valence-electron chi connectivity index (χ0n) is 8.91. The summed E-state index contributed by atoms with van der Waals surface area (Å²) in [6.45, 7) is 4.75. The van der Waals surface area contributed by atoms with Crippen molar-refractivity contribution in [3.05, 3.63) is 17.5 Å². The lowest BCUT2D eigenvalue weighted by atomic mass is 10.3. The third-order valence-electron chi connectivity index (χ3n) is 2.08. The number of rotatable bonds is 4. The second-order valence-electron chi connectivity index (χ2n) is 3.33. The van der Waals surface area contributed by atoms with Gasteiger partial charge in [-0.05, 0) is 26.3 Å². The van der Waals surface area contributed by atoms with Crippen LogP contribution in [0.25, 0.3) is 0 Å². The van der Waals surface area contributed by atoms with Crippen molar-refractivity contribution < 1.29 is 9.53 Å². The molecular weight excluding hydrogens is 180 g/mol. The van der Waals surface area contributed by atoms with Gasteiger partial charge in [0.2, 0.25) is 0 Å². The molecule has 0 N–H and O–H groups in total. The van der Waals surface area contributed by atoms with Gasteiger partial charge in [0.1, 0.15) is 0 Å². The topological polar surface area (TPSA) is 44.1 Å². The van der Waals surface area contributed by atoms with E-state index >= 15 is 0 Å². The molecule has 1 heterocycles. The molecule has 0 aliphatic carbocycles. The first kappa shape index (κ1) is 10.8. The SMILES string of the molecule is COC(=O)CCCn1nc(C)cc1C. The van der Waals surface area contributed by atoms with E-state index in [4.69, 9.17) is 0 Å². The minimum Gasteiger partial charge on any atom is -0.469 e. The highest BCUT2D eigenvalue weighted by atomic mass is 16.5. The molecule has 4 nitrogen and oxygen atoms in total. The van der Waals surface area contributed by atoms with Gasteiger partial charge in [-0.15, -0.1) is 0 Å². The number of ether oxygens (including phenoxy) is 1. The highest BCUT2D eigenvalue weighted by Crippen LogP contribution is 2.04. The van der Waals surface area contributed by atoms with Crippen molar-refractivity contribution in [2.75, 3.05) is 7.11 Å². The van der Waals surface area contributed by atoms with Gasteiger partial charge in [-0.2, -0.15) is 5.10 Å². The van der Waals surface area contributed by atoms with Crippen LogP contribution in [0.4, 0.5) is 0 Å². The van der Waals surface area contributed by atoms with Gasteiger partial charge in [0.25, 0.3) is 0 Å². The molecule has 0 saturated carbocycles. The predicted octanol–water partition coefficient (Wildman–Crippen LogP) is 1.45. The van der Waals surface area contributed by atoms with E-state index in [0.717, 1.165) is 24.4 Å². The van der Waals surface area contributed by atoms with Gasteiger partial charge in [-0.25, -0.2) is 0 Å². The number of nitrogens with zero attached hydrogens (tertiary/aromatic N) is 2. The molecule has 0 radical (unpaired) electrons. The Morgan fingerprint density at radius 2 is 2.29 bits per heavy atom. The lowest BCUT2D eigenvalue weighted by Crippen LogP contribution is -2.06. The molecule has 14 heavy (non-hydrogen) atoms. The summed E-state index contributed by atoms with van der Waals surface area (Å²) in [5.41, 5.74) is 2.15. The minimum atomic E-state index is -0.161. The molecule has 0 saturated heterocycles. The number of esters is 1. The lowest BCUT2D eigenvalue weighted by molar-refractivity contribution is -0.140. The van der Waals surface area contributed by atoms with Crippen LogP contribution in [0.2, 0.25) is 0 Å². The van der Waals surface area contributed by atoms with Gasteiger partial charge in [0.15, 0.2) is 0 Å². The summed E-state index contributed by atoms with van der Waals surface area (Å²) >= 11 is 0. The number of carbonyl (C=O) groups is 1. The third-order valence-corrected chi connectivity index (χ3v) is 2.08. The molecule has 4 heteroatoms. The maximum absolute atomic E-state index is 10.8. The van der Waals surface area contributed by atoms with Gasteiger partial charge < -0.3 is 4.74 Å². The number of methoxy groups -OCH3 is 1. The van der Waals surface area contributed by atoms with Crippen LogP contribution in [0.15, 0.2) is 6.07 Å². The Bertz CT molecular complexity index is 318. The van der Waals surface area contributed by atoms with Crippen molar-refractivity contribution in [3.8, 4) is 0 Å². The molecule has 1 aromatic rings. The summed E-state index contributed by atoms with van der Waals surface area (Å²) < 4.78 is 6.47. The minimum absolute atomic E-state index is 0.161. The van der Waals surface area contributed by atoms with Crippen LogP contribution in [0.5, 0.6) is 0 Å². The third kappa shape index (κ3) is 2.87. The van der Waals surface area contributed by atoms with Gasteiger partial charge in [0, 0.05) is 18.7 Å². The normalized spacial score (nSPS) is 10.2. The summed E-state index contributed by atoms with van der Waals surface area (Å²) in [5.74, 6) is -0.161. The highest BCUT2D eigenvalue weighted by Gasteiger charge is 2.03. The molecule has 0 spiro atoms. The van der Waals surface area contributed by atoms with Crippen molar-refractivity contribution in [2.24, 2.45) is 0 Å². The molecule has 0 aliphatic rings. The first-order valence-corrected chi connectivity index (χ1v) is 4.71. The van der Waals surface area contributed by atoms with Gasteiger partial charge in [0.05, 0.1) is 12.8 Å². The first-order chi connectivity index (χ1) is 6.63. The number of carbonyl (C=O) groups excluding carboxylic acids is 1. The first-order valence-electron chi connectivity index (χ1n) is 4.71. The maximum Gasteiger partial charge on any atom is 0.305 e. The Morgan fingerprint density at radius 1 is 1.57 bits per heavy atom. The molecule has 0 amide bonds. The second-order valence-corrected chi connectivity index (χ2v) is 3.33. The van der Waals surface area contributed by atoms with Crippen LogP contribution in [0.1, 0.15) is 24.2 Å². The van der Waals surface area contributed by atoms with E-state index in [9.17, 15) is 4.79 Å². The van der Waals surface area contributed by atoms with Crippen LogP contribution in [0, 0.1) is 13.8 Å². The molecule has 0 aliphatic heterocycles. The number of hydrogen-bond donors (Lipinski definition) is 0. The standard InChI is InChI=1S/C10H16N2O2/c1-8-7-9(2)12(11-8)6-4-5-10(13)14-3/h7H,4-6H2,1-3H3. The Kier molecular flexibility index (Phi) is 3.68. The summed E-state index contributed by atoms with van der Waals surface area (Å²) in [5, 5.41) is 4.30. The van der Waals surface area contributed by atoms with Crippen molar-refractivity contribution in [2.45, 2.75) is 33.2 Å². The van der Waals surface area contributed by atoms with Crippen molar-refractivity contribution in [1.82, 2.24) is 9.78 Å². The molecule has 0 fully saturated rings. The summed E-state index contributed by atoms with van der Waals surface area (Å²) in [7, 11) is 1.41. The fraction of sp³-hybridized carbons (Fsp3) is 0.600. The monoisotopic (exact) mass is 196 g/mol. The van der Waals surface area contributed by atoms with E-state index in [-0.39, 0.29) is 5.97 Å². The molecule has 0 unspecified atom stereocenters. The fourth-order valence-corrected chi connectivity index (χ4v) is 1.38. The predicted molar refractivity (Wildman–Crippen MR) is 53.0 cm³/mol. The van der Waals surface area contributed by atoms with Crippen LogP contribution in [-0.2, 0) is 16.1 Å². The molecule has 1 rings (SSSR count). The van der Waals surface area contributed by atoms with Crippen molar-refractivity contribution in [3.63, 3.8) is 0 Å². The average molecular weight is 196 g/mol. The molecule has 78 valence electrons. The van der Waals surface area contributed by atoms with Crippen molar-refractivity contribution >= 4 is 5.97 Å². The van der Waals surface area contributed by atoms with E-state index in [2.05, 4.69) is 9.84 Å². The number of aryl methyl sites for hydroxylation is 3. The Morgan fingerprint density at radius 3 is 2.79 bits per heavy atom. The number of aromatic nitrogens is 2. The second kappa shape index (κ2) is 4.79. The van der Waals surface area contributed by atoms with Gasteiger partial charge >= 0.3 is 5.97 Å². The zero-order valence-corrected chi connectivity index (χ0v) is 8.91. The Balaban J connectivity index is 2.38. The van der Waals surface area contributed by atoms with Crippen molar-refractivity contribution in [1.29, 1.82) is 0 Å².